The summed E-state index contributed by atoms with van der Waals surface area (Å²) in [5.74, 6) is -0.427. The van der Waals surface area contributed by atoms with Crippen LogP contribution in [0.3, 0.4) is 0 Å². The smallest absolute Gasteiger partial charge is 0.339 e. The third-order valence-electron chi connectivity index (χ3n) is 1.88. The molecule has 0 aromatic carbocycles. The van der Waals surface area contributed by atoms with Crippen LogP contribution in [0.15, 0.2) is 24.0 Å². The van der Waals surface area contributed by atoms with E-state index in [9.17, 15) is 4.79 Å². The topological polar surface area (TPSA) is 56.8 Å². The Balaban J connectivity index is 2.43. The third-order valence-corrected chi connectivity index (χ3v) is 1.88. The van der Waals surface area contributed by atoms with Gasteiger partial charge in [0.25, 0.3) is 0 Å². The highest BCUT2D eigenvalue weighted by molar-refractivity contribution is 5.88. The molecule has 90 valence electrons. The fourth-order valence-corrected chi connectivity index (χ4v) is 1.16. The van der Waals surface area contributed by atoms with E-state index in [0.717, 1.165) is 0 Å². The standard InChI is InChI=1S/C11H17NO4/c1-3-14-11(15-4-2)16-10(13)9-6-5-7-12-8-9/h5,7-8,11-12H,3-4,6H2,1-2H3. The molecule has 0 aliphatic carbocycles. The van der Waals surface area contributed by atoms with E-state index in [2.05, 4.69) is 5.32 Å². The van der Waals surface area contributed by atoms with Crippen molar-refractivity contribution in [2.45, 2.75) is 26.7 Å². The predicted molar refractivity (Wildman–Crippen MR) is 58.1 cm³/mol. The van der Waals surface area contributed by atoms with Crippen LogP contribution < -0.4 is 5.32 Å². The molecule has 0 aromatic heterocycles. The molecule has 0 atom stereocenters. The van der Waals surface area contributed by atoms with Crippen LogP contribution in [0.5, 0.6) is 0 Å². The maximum Gasteiger partial charge on any atom is 0.339 e. The molecule has 0 fully saturated rings. The summed E-state index contributed by atoms with van der Waals surface area (Å²) in [4.78, 5) is 11.6. The van der Waals surface area contributed by atoms with Gasteiger partial charge < -0.3 is 19.5 Å². The third kappa shape index (κ3) is 4.04. The van der Waals surface area contributed by atoms with Crippen LogP contribution in [0.1, 0.15) is 20.3 Å². The SMILES string of the molecule is CCOC(OCC)OC(=O)C1=CNC=CC1. The highest BCUT2D eigenvalue weighted by atomic mass is 16.9. The highest BCUT2D eigenvalue weighted by Crippen LogP contribution is 2.10. The molecule has 0 bridgehead atoms. The summed E-state index contributed by atoms with van der Waals surface area (Å²) in [5.41, 5.74) is 0.548. The lowest BCUT2D eigenvalue weighted by Gasteiger charge is -2.18. The van der Waals surface area contributed by atoms with Crippen LogP contribution in [0, 0.1) is 0 Å². The quantitative estimate of drug-likeness (QED) is 0.547. The van der Waals surface area contributed by atoms with Gasteiger partial charge in [-0.25, -0.2) is 4.79 Å². The van der Waals surface area contributed by atoms with Crippen LogP contribution in [0.25, 0.3) is 0 Å². The van der Waals surface area contributed by atoms with Crippen molar-refractivity contribution in [3.63, 3.8) is 0 Å². The first-order valence-corrected chi connectivity index (χ1v) is 5.32. The van der Waals surface area contributed by atoms with E-state index in [1.165, 1.54) is 0 Å². The monoisotopic (exact) mass is 227 g/mol. The minimum absolute atomic E-state index is 0.426. The van der Waals surface area contributed by atoms with Crippen LogP contribution in [-0.4, -0.2) is 25.7 Å². The minimum atomic E-state index is -0.922. The van der Waals surface area contributed by atoms with Crippen molar-refractivity contribution in [3.05, 3.63) is 24.0 Å². The zero-order chi connectivity index (χ0) is 11.8. The lowest BCUT2D eigenvalue weighted by atomic mass is 10.2. The largest absolute Gasteiger partial charge is 0.407 e. The second kappa shape index (κ2) is 7.03. The number of hydrogen-bond donors (Lipinski definition) is 1. The van der Waals surface area contributed by atoms with Gasteiger partial charge in [-0.05, 0) is 20.0 Å². The fraction of sp³-hybridized carbons (Fsp3) is 0.545. The first-order chi connectivity index (χ1) is 7.77. The van der Waals surface area contributed by atoms with Gasteiger partial charge in [-0.15, -0.1) is 0 Å². The molecular weight excluding hydrogens is 210 g/mol. The minimum Gasteiger partial charge on any atom is -0.407 e. The maximum atomic E-state index is 11.6. The Bertz CT molecular complexity index is 280. The summed E-state index contributed by atoms with van der Waals surface area (Å²) < 4.78 is 15.3. The molecule has 0 saturated heterocycles. The van der Waals surface area contributed by atoms with Crippen LogP contribution >= 0.6 is 0 Å². The van der Waals surface area contributed by atoms with E-state index < -0.39 is 12.4 Å². The molecule has 1 aliphatic heterocycles. The van der Waals surface area contributed by atoms with Crippen molar-refractivity contribution >= 4 is 5.97 Å². The van der Waals surface area contributed by atoms with E-state index in [1.54, 1.807) is 12.4 Å². The summed E-state index contributed by atoms with van der Waals surface area (Å²) >= 11 is 0. The van der Waals surface area contributed by atoms with E-state index in [4.69, 9.17) is 14.2 Å². The first kappa shape index (κ1) is 12.7. The summed E-state index contributed by atoms with van der Waals surface area (Å²) in [5, 5.41) is 2.83. The Hall–Kier alpha value is -1.33. The molecule has 0 amide bonds. The number of allylic oxidation sites excluding steroid dienone is 1. The molecule has 5 nitrogen and oxygen atoms in total. The number of nitrogens with one attached hydrogen (secondary N) is 1. The zero-order valence-electron chi connectivity index (χ0n) is 9.56. The van der Waals surface area contributed by atoms with Crippen LogP contribution in [0.4, 0.5) is 0 Å². The number of carbonyl (C=O) groups excluding carboxylic acids is 1. The molecule has 1 rings (SSSR count). The Morgan fingerprint density at radius 2 is 2.12 bits per heavy atom. The normalized spacial score (nSPS) is 14.6. The Labute approximate surface area is 95.1 Å². The highest BCUT2D eigenvalue weighted by Gasteiger charge is 2.18. The molecule has 1 heterocycles. The lowest BCUT2D eigenvalue weighted by Crippen LogP contribution is -2.26. The van der Waals surface area contributed by atoms with Crippen molar-refractivity contribution in [1.82, 2.24) is 5.32 Å². The van der Waals surface area contributed by atoms with Crippen LogP contribution in [0.2, 0.25) is 0 Å². The Morgan fingerprint density at radius 1 is 1.44 bits per heavy atom. The summed E-state index contributed by atoms with van der Waals surface area (Å²) in [6.07, 6.45) is 5.76. The lowest BCUT2D eigenvalue weighted by molar-refractivity contribution is -0.270. The molecule has 0 saturated carbocycles. The van der Waals surface area contributed by atoms with Gasteiger partial charge in [0.2, 0.25) is 0 Å². The van der Waals surface area contributed by atoms with Crippen LogP contribution in [-0.2, 0) is 19.0 Å². The Morgan fingerprint density at radius 3 is 2.62 bits per heavy atom. The van der Waals surface area contributed by atoms with Crippen molar-refractivity contribution < 1.29 is 19.0 Å². The van der Waals surface area contributed by atoms with Crippen molar-refractivity contribution in [2.24, 2.45) is 0 Å². The van der Waals surface area contributed by atoms with Gasteiger partial charge in [0.15, 0.2) is 0 Å². The molecule has 0 spiro atoms. The second-order valence-corrected chi connectivity index (χ2v) is 3.05. The van der Waals surface area contributed by atoms with Gasteiger partial charge >= 0.3 is 12.4 Å². The molecule has 1 N–H and O–H groups in total. The molecule has 1 aliphatic rings. The van der Waals surface area contributed by atoms with Gasteiger partial charge in [-0.3, -0.25) is 0 Å². The average molecular weight is 227 g/mol. The first-order valence-electron chi connectivity index (χ1n) is 5.32. The van der Waals surface area contributed by atoms with Gasteiger partial charge in [0.1, 0.15) is 0 Å². The molecule has 0 unspecified atom stereocenters. The van der Waals surface area contributed by atoms with Crippen molar-refractivity contribution in [3.8, 4) is 0 Å². The van der Waals surface area contributed by atoms with Gasteiger partial charge in [-0.1, -0.05) is 6.08 Å². The summed E-state index contributed by atoms with van der Waals surface area (Å²) in [7, 11) is 0. The van der Waals surface area contributed by atoms with E-state index in [-0.39, 0.29) is 0 Å². The van der Waals surface area contributed by atoms with E-state index in [0.29, 0.717) is 25.2 Å². The molecular formula is C11H17NO4. The maximum absolute atomic E-state index is 11.6. The molecule has 5 heteroatoms. The number of carbonyl (C=O) groups is 1. The van der Waals surface area contributed by atoms with Gasteiger partial charge in [-0.2, -0.15) is 0 Å². The number of rotatable bonds is 6. The molecule has 0 aromatic rings. The van der Waals surface area contributed by atoms with Gasteiger partial charge in [0.05, 0.1) is 18.8 Å². The summed E-state index contributed by atoms with van der Waals surface area (Å²) in [6.45, 7) is 3.55. The number of ether oxygens (including phenoxy) is 3. The second-order valence-electron chi connectivity index (χ2n) is 3.05. The fourth-order valence-electron chi connectivity index (χ4n) is 1.16. The Kier molecular flexibility index (Phi) is 5.60. The number of hydrogen-bond acceptors (Lipinski definition) is 5. The molecule has 16 heavy (non-hydrogen) atoms. The van der Waals surface area contributed by atoms with Gasteiger partial charge in [0, 0.05) is 12.6 Å². The predicted octanol–water partition coefficient (Wildman–Crippen LogP) is 1.28. The zero-order valence-corrected chi connectivity index (χ0v) is 9.56. The summed E-state index contributed by atoms with van der Waals surface area (Å²) in [6, 6.07) is 0. The van der Waals surface area contributed by atoms with E-state index in [1.807, 2.05) is 19.9 Å². The number of esters is 1. The molecule has 0 radical (unpaired) electrons. The van der Waals surface area contributed by atoms with E-state index >= 15 is 0 Å². The average Bonchev–Trinajstić information content (AvgIpc) is 2.31. The van der Waals surface area contributed by atoms with Crippen molar-refractivity contribution in [1.29, 1.82) is 0 Å². The van der Waals surface area contributed by atoms with Crippen molar-refractivity contribution in [2.75, 3.05) is 13.2 Å². The number of dihydropyridines is 1.